The molecule has 1 aromatic heterocycles. The second-order valence-electron chi connectivity index (χ2n) is 4.99. The van der Waals surface area contributed by atoms with Gasteiger partial charge in [-0.25, -0.2) is 4.98 Å². The Balaban J connectivity index is 1.61. The van der Waals surface area contributed by atoms with E-state index < -0.39 is 0 Å². The van der Waals surface area contributed by atoms with Crippen LogP contribution < -0.4 is 5.32 Å². The average Bonchev–Trinajstić information content (AvgIpc) is 3.15. The second kappa shape index (κ2) is 4.44. The van der Waals surface area contributed by atoms with Crippen molar-refractivity contribution in [1.82, 2.24) is 14.9 Å². The maximum absolute atomic E-state index is 11.5. The van der Waals surface area contributed by atoms with Crippen LogP contribution in [0.1, 0.15) is 18.4 Å². The summed E-state index contributed by atoms with van der Waals surface area (Å²) in [6.07, 6.45) is 4.81. The lowest BCUT2D eigenvalue weighted by atomic mass is 10.1. The van der Waals surface area contributed by atoms with E-state index in [1.807, 2.05) is 17.9 Å². The van der Waals surface area contributed by atoms with Gasteiger partial charge < -0.3 is 9.88 Å². The van der Waals surface area contributed by atoms with E-state index in [-0.39, 0.29) is 5.91 Å². The molecule has 0 atom stereocenters. The Labute approximate surface area is 106 Å². The molecule has 1 aromatic carbocycles. The Morgan fingerprint density at radius 2 is 2.33 bits per heavy atom. The van der Waals surface area contributed by atoms with E-state index in [2.05, 4.69) is 28.5 Å². The van der Waals surface area contributed by atoms with Crippen molar-refractivity contribution in [1.29, 1.82) is 0 Å². The normalized spacial score (nSPS) is 14.9. The van der Waals surface area contributed by atoms with Gasteiger partial charge in [-0.3, -0.25) is 4.79 Å². The lowest BCUT2D eigenvalue weighted by Crippen LogP contribution is -2.26. The van der Waals surface area contributed by atoms with E-state index in [0.29, 0.717) is 12.5 Å². The first-order chi connectivity index (χ1) is 8.74. The molecule has 0 bridgehead atoms. The van der Waals surface area contributed by atoms with Gasteiger partial charge in [0, 0.05) is 19.5 Å². The molecule has 0 aliphatic heterocycles. The van der Waals surface area contributed by atoms with E-state index >= 15 is 0 Å². The zero-order valence-corrected chi connectivity index (χ0v) is 10.5. The predicted octanol–water partition coefficient (Wildman–Crippen LogP) is 1.64. The summed E-state index contributed by atoms with van der Waals surface area (Å²) in [5.41, 5.74) is 3.38. The molecule has 94 valence electrons. The molecule has 1 saturated carbocycles. The number of rotatable bonds is 4. The van der Waals surface area contributed by atoms with Crippen molar-refractivity contribution in [2.75, 3.05) is 6.54 Å². The highest BCUT2D eigenvalue weighted by Gasteiger charge is 2.28. The Morgan fingerprint density at radius 1 is 1.50 bits per heavy atom. The van der Waals surface area contributed by atoms with E-state index in [1.165, 1.54) is 5.56 Å². The van der Waals surface area contributed by atoms with Crippen LogP contribution in [0.4, 0.5) is 0 Å². The number of nitrogens with zero attached hydrogens (tertiary/aromatic N) is 2. The van der Waals surface area contributed by atoms with Gasteiger partial charge >= 0.3 is 0 Å². The SMILES string of the molecule is Cn1cnc2cc(CCNC(=O)C3CC3)ccc21. The molecule has 4 heteroatoms. The number of amides is 1. The summed E-state index contributed by atoms with van der Waals surface area (Å²) in [6, 6.07) is 6.28. The van der Waals surface area contributed by atoms with Crippen molar-refractivity contribution in [3.8, 4) is 0 Å². The first-order valence-electron chi connectivity index (χ1n) is 6.42. The Morgan fingerprint density at radius 3 is 3.11 bits per heavy atom. The number of nitrogens with one attached hydrogen (secondary N) is 1. The first kappa shape index (κ1) is 11.3. The second-order valence-corrected chi connectivity index (χ2v) is 4.99. The summed E-state index contributed by atoms with van der Waals surface area (Å²) < 4.78 is 2.01. The highest BCUT2D eigenvalue weighted by atomic mass is 16.2. The Hall–Kier alpha value is -1.84. The minimum absolute atomic E-state index is 0.217. The molecular weight excluding hydrogens is 226 g/mol. The molecule has 18 heavy (non-hydrogen) atoms. The molecule has 1 amide bonds. The third kappa shape index (κ3) is 2.23. The minimum atomic E-state index is 0.217. The van der Waals surface area contributed by atoms with Crippen LogP contribution in [0, 0.1) is 5.92 Å². The van der Waals surface area contributed by atoms with Gasteiger partial charge in [-0.05, 0) is 37.0 Å². The lowest BCUT2D eigenvalue weighted by molar-refractivity contribution is -0.122. The van der Waals surface area contributed by atoms with E-state index in [1.54, 1.807) is 0 Å². The maximum atomic E-state index is 11.5. The van der Waals surface area contributed by atoms with Crippen LogP contribution in [0.5, 0.6) is 0 Å². The third-order valence-electron chi connectivity index (χ3n) is 3.45. The zero-order valence-electron chi connectivity index (χ0n) is 10.5. The van der Waals surface area contributed by atoms with Gasteiger partial charge in [0.15, 0.2) is 0 Å². The van der Waals surface area contributed by atoms with Gasteiger partial charge in [-0.15, -0.1) is 0 Å². The summed E-state index contributed by atoms with van der Waals surface area (Å²) in [4.78, 5) is 15.8. The number of benzene rings is 1. The summed E-state index contributed by atoms with van der Waals surface area (Å²) in [6.45, 7) is 0.716. The van der Waals surface area contributed by atoms with E-state index in [9.17, 15) is 4.79 Å². The van der Waals surface area contributed by atoms with Crippen LogP contribution in [-0.2, 0) is 18.3 Å². The van der Waals surface area contributed by atoms with Gasteiger partial charge in [0.05, 0.1) is 17.4 Å². The van der Waals surface area contributed by atoms with Crippen molar-refractivity contribution >= 4 is 16.9 Å². The molecule has 2 aromatic rings. The van der Waals surface area contributed by atoms with Gasteiger partial charge in [0.2, 0.25) is 5.91 Å². The fourth-order valence-corrected chi connectivity index (χ4v) is 2.16. The summed E-state index contributed by atoms with van der Waals surface area (Å²) in [5.74, 6) is 0.511. The molecule has 0 spiro atoms. The molecule has 0 unspecified atom stereocenters. The molecule has 3 rings (SSSR count). The van der Waals surface area contributed by atoms with Crippen LogP contribution in [0.3, 0.4) is 0 Å². The van der Waals surface area contributed by atoms with Crippen LogP contribution in [0.15, 0.2) is 24.5 Å². The number of aromatic nitrogens is 2. The third-order valence-corrected chi connectivity index (χ3v) is 3.45. The fourth-order valence-electron chi connectivity index (χ4n) is 2.16. The molecule has 0 radical (unpaired) electrons. The van der Waals surface area contributed by atoms with Crippen molar-refractivity contribution in [3.05, 3.63) is 30.1 Å². The summed E-state index contributed by atoms with van der Waals surface area (Å²) in [5, 5.41) is 2.98. The highest BCUT2D eigenvalue weighted by molar-refractivity contribution is 5.80. The molecule has 1 aliphatic rings. The summed E-state index contributed by atoms with van der Waals surface area (Å²) >= 11 is 0. The van der Waals surface area contributed by atoms with Gasteiger partial charge in [-0.2, -0.15) is 0 Å². The zero-order chi connectivity index (χ0) is 12.5. The molecule has 1 heterocycles. The van der Waals surface area contributed by atoms with Gasteiger partial charge in [-0.1, -0.05) is 6.07 Å². The molecule has 0 saturated heterocycles. The topological polar surface area (TPSA) is 46.9 Å². The van der Waals surface area contributed by atoms with Crippen molar-refractivity contribution in [3.63, 3.8) is 0 Å². The number of hydrogen-bond acceptors (Lipinski definition) is 2. The van der Waals surface area contributed by atoms with Gasteiger partial charge in [0.25, 0.3) is 0 Å². The number of hydrogen-bond donors (Lipinski definition) is 1. The smallest absolute Gasteiger partial charge is 0.223 e. The predicted molar refractivity (Wildman–Crippen MR) is 70.2 cm³/mol. The Bertz CT molecular complexity index is 584. The molecule has 1 aliphatic carbocycles. The molecule has 4 nitrogen and oxygen atoms in total. The average molecular weight is 243 g/mol. The van der Waals surface area contributed by atoms with Crippen LogP contribution in [0.25, 0.3) is 11.0 Å². The number of carbonyl (C=O) groups excluding carboxylic acids is 1. The van der Waals surface area contributed by atoms with Crippen molar-refractivity contribution in [2.24, 2.45) is 13.0 Å². The minimum Gasteiger partial charge on any atom is -0.356 e. The Kier molecular flexibility index (Phi) is 2.78. The number of carbonyl (C=O) groups is 1. The number of aryl methyl sites for hydroxylation is 1. The monoisotopic (exact) mass is 243 g/mol. The fraction of sp³-hybridized carbons (Fsp3) is 0.429. The maximum Gasteiger partial charge on any atom is 0.223 e. The van der Waals surface area contributed by atoms with Crippen molar-refractivity contribution < 1.29 is 4.79 Å². The van der Waals surface area contributed by atoms with E-state index in [4.69, 9.17) is 0 Å². The molecule has 1 N–H and O–H groups in total. The van der Waals surface area contributed by atoms with Crippen LogP contribution in [0.2, 0.25) is 0 Å². The number of fused-ring (bicyclic) bond motifs is 1. The molecular formula is C14H17N3O. The van der Waals surface area contributed by atoms with E-state index in [0.717, 1.165) is 30.3 Å². The number of imidazole rings is 1. The summed E-state index contributed by atoms with van der Waals surface area (Å²) in [7, 11) is 1.99. The first-order valence-corrected chi connectivity index (χ1v) is 6.42. The van der Waals surface area contributed by atoms with Crippen molar-refractivity contribution in [2.45, 2.75) is 19.3 Å². The lowest BCUT2D eigenvalue weighted by Gasteiger charge is -2.04. The quantitative estimate of drug-likeness (QED) is 0.887. The molecule has 1 fully saturated rings. The van der Waals surface area contributed by atoms with Crippen LogP contribution >= 0.6 is 0 Å². The standard InChI is InChI=1S/C14H17N3O/c1-17-9-16-12-8-10(2-5-13(12)17)6-7-15-14(18)11-3-4-11/h2,5,8-9,11H,3-4,6-7H2,1H3,(H,15,18). The highest BCUT2D eigenvalue weighted by Crippen LogP contribution is 2.28. The van der Waals surface area contributed by atoms with Gasteiger partial charge in [0.1, 0.15) is 0 Å². The van der Waals surface area contributed by atoms with Crippen LogP contribution in [-0.4, -0.2) is 22.0 Å². The largest absolute Gasteiger partial charge is 0.356 e.